The van der Waals surface area contributed by atoms with Crippen LogP contribution in [0, 0.1) is 12.7 Å². The van der Waals surface area contributed by atoms with E-state index in [4.69, 9.17) is 18.6 Å². The van der Waals surface area contributed by atoms with Crippen molar-refractivity contribution in [3.8, 4) is 34.5 Å². The molecule has 11 nitrogen and oxygen atoms in total. The van der Waals surface area contributed by atoms with Crippen molar-refractivity contribution in [2.75, 3.05) is 25.0 Å². The Labute approximate surface area is 258 Å². The quantitative estimate of drug-likeness (QED) is 0.173. The number of carbonyl (C=O) groups excluding carboxylic acids is 1. The summed E-state index contributed by atoms with van der Waals surface area (Å²) in [5, 5.41) is 11.6. The number of halogens is 1. The highest BCUT2D eigenvalue weighted by atomic mass is 19.1. The summed E-state index contributed by atoms with van der Waals surface area (Å²) in [5.41, 5.74) is 1.49. The summed E-state index contributed by atoms with van der Waals surface area (Å²) in [6.45, 7) is 8.76. The molecule has 1 amide bonds. The molecule has 0 spiro atoms. The largest absolute Gasteiger partial charge is 0.490 e. The molecule has 6 rings (SSSR count). The van der Waals surface area contributed by atoms with Crippen molar-refractivity contribution in [2.45, 2.75) is 32.8 Å². The number of piperidine rings is 1. The highest BCUT2D eigenvalue weighted by Crippen LogP contribution is 2.37. The Morgan fingerprint density at radius 1 is 1.09 bits per heavy atom. The van der Waals surface area contributed by atoms with Gasteiger partial charge < -0.3 is 28.8 Å². The normalized spacial score (nSPS) is 13.4. The van der Waals surface area contributed by atoms with Crippen molar-refractivity contribution in [3.63, 3.8) is 0 Å². The van der Waals surface area contributed by atoms with Gasteiger partial charge in [0.2, 0.25) is 17.7 Å². The smallest absolute Gasteiger partial charge is 0.247 e. The maximum Gasteiger partial charge on any atom is 0.247 e. The molecular formula is C33H31FN6O5. The van der Waals surface area contributed by atoms with Gasteiger partial charge in [-0.15, -0.1) is 10.2 Å². The SMILES string of the molecule is C=CC(=O)N1CCC(Oc2cc3c(Nc4ccc(Oc5cccc(-c6nnc(C)o6)c5)cc4F)ncnc3cc2OCC)CC1. The van der Waals surface area contributed by atoms with Crippen molar-refractivity contribution < 1.29 is 27.8 Å². The third-order valence-electron chi connectivity index (χ3n) is 7.26. The second kappa shape index (κ2) is 13.0. The maximum atomic E-state index is 15.4. The number of fused-ring (bicyclic) bond motifs is 1. The summed E-state index contributed by atoms with van der Waals surface area (Å²) in [5.74, 6) is 2.47. The molecular weight excluding hydrogens is 579 g/mol. The van der Waals surface area contributed by atoms with E-state index in [-0.39, 0.29) is 17.7 Å². The van der Waals surface area contributed by atoms with Gasteiger partial charge in [0, 0.05) is 55.9 Å². The van der Waals surface area contributed by atoms with Crippen LogP contribution in [0.4, 0.5) is 15.9 Å². The van der Waals surface area contributed by atoms with Gasteiger partial charge in [0.25, 0.3) is 0 Å². The van der Waals surface area contributed by atoms with Crippen molar-refractivity contribution >= 4 is 28.3 Å². The lowest BCUT2D eigenvalue weighted by molar-refractivity contribution is -0.127. The van der Waals surface area contributed by atoms with E-state index >= 15 is 4.39 Å². The average Bonchev–Trinajstić information content (AvgIpc) is 3.49. The lowest BCUT2D eigenvalue weighted by Gasteiger charge is -2.32. The molecule has 230 valence electrons. The van der Waals surface area contributed by atoms with E-state index in [2.05, 4.69) is 32.1 Å². The molecule has 0 radical (unpaired) electrons. The minimum absolute atomic E-state index is 0.0847. The summed E-state index contributed by atoms with van der Waals surface area (Å²) in [4.78, 5) is 22.5. The summed E-state index contributed by atoms with van der Waals surface area (Å²) >= 11 is 0. The van der Waals surface area contributed by atoms with E-state index in [9.17, 15) is 4.79 Å². The number of ether oxygens (including phenoxy) is 3. The summed E-state index contributed by atoms with van der Waals surface area (Å²) in [6.07, 6.45) is 3.95. The van der Waals surface area contributed by atoms with Gasteiger partial charge in [0.15, 0.2) is 11.5 Å². The molecule has 0 aliphatic carbocycles. The minimum atomic E-state index is -0.536. The molecule has 12 heteroatoms. The van der Waals surface area contributed by atoms with Crippen LogP contribution in [-0.2, 0) is 4.79 Å². The van der Waals surface area contributed by atoms with Crippen molar-refractivity contribution in [3.05, 3.63) is 85.3 Å². The van der Waals surface area contributed by atoms with Crippen LogP contribution in [-0.4, -0.2) is 56.8 Å². The predicted molar refractivity (Wildman–Crippen MR) is 165 cm³/mol. The number of nitrogens with zero attached hydrogens (tertiary/aromatic N) is 5. The predicted octanol–water partition coefficient (Wildman–Crippen LogP) is 6.62. The maximum absolute atomic E-state index is 15.4. The number of hydrogen-bond acceptors (Lipinski definition) is 10. The highest BCUT2D eigenvalue weighted by Gasteiger charge is 2.24. The Hall–Kier alpha value is -5.52. The molecule has 45 heavy (non-hydrogen) atoms. The fraction of sp³-hybridized carbons (Fsp3) is 0.242. The first-order valence-corrected chi connectivity index (χ1v) is 14.5. The molecule has 1 aliphatic heterocycles. The molecule has 1 fully saturated rings. The number of hydrogen-bond donors (Lipinski definition) is 1. The van der Waals surface area contributed by atoms with Crippen LogP contribution in [0.25, 0.3) is 22.4 Å². The Morgan fingerprint density at radius 2 is 1.91 bits per heavy atom. The number of benzene rings is 3. The lowest BCUT2D eigenvalue weighted by Crippen LogP contribution is -2.41. The molecule has 2 aromatic heterocycles. The summed E-state index contributed by atoms with van der Waals surface area (Å²) in [6, 6.07) is 15.2. The Bertz CT molecular complexity index is 1850. The summed E-state index contributed by atoms with van der Waals surface area (Å²) < 4.78 is 39.0. The Morgan fingerprint density at radius 3 is 2.64 bits per heavy atom. The highest BCUT2D eigenvalue weighted by molar-refractivity contribution is 5.93. The van der Waals surface area contributed by atoms with Crippen LogP contribution in [0.5, 0.6) is 23.0 Å². The lowest BCUT2D eigenvalue weighted by atomic mass is 10.1. The monoisotopic (exact) mass is 610 g/mol. The van der Waals surface area contributed by atoms with Gasteiger partial charge in [-0.05, 0) is 49.4 Å². The molecule has 1 aliphatic rings. The van der Waals surface area contributed by atoms with E-state index in [1.54, 1.807) is 54.3 Å². The van der Waals surface area contributed by atoms with Crippen molar-refractivity contribution in [1.82, 2.24) is 25.1 Å². The van der Waals surface area contributed by atoms with Gasteiger partial charge in [-0.3, -0.25) is 4.79 Å². The zero-order valence-corrected chi connectivity index (χ0v) is 24.8. The Balaban J connectivity index is 1.21. The third kappa shape index (κ3) is 6.69. The topological polar surface area (TPSA) is 125 Å². The number of carbonyl (C=O) groups is 1. The van der Waals surface area contributed by atoms with Gasteiger partial charge in [0.1, 0.15) is 35.6 Å². The number of aromatic nitrogens is 4. The fourth-order valence-corrected chi connectivity index (χ4v) is 5.06. The molecule has 0 unspecified atom stereocenters. The first-order valence-electron chi connectivity index (χ1n) is 14.5. The molecule has 0 bridgehead atoms. The van der Waals surface area contributed by atoms with E-state index in [0.717, 1.165) is 0 Å². The number of aryl methyl sites for hydroxylation is 1. The van der Waals surface area contributed by atoms with E-state index in [0.29, 0.717) is 89.6 Å². The average molecular weight is 611 g/mol. The van der Waals surface area contributed by atoms with Crippen molar-refractivity contribution in [2.24, 2.45) is 0 Å². The summed E-state index contributed by atoms with van der Waals surface area (Å²) in [7, 11) is 0. The van der Waals surface area contributed by atoms with E-state index in [1.807, 2.05) is 13.0 Å². The van der Waals surface area contributed by atoms with Gasteiger partial charge in [-0.2, -0.15) is 0 Å². The Kier molecular flexibility index (Phi) is 8.54. The van der Waals surface area contributed by atoms with Gasteiger partial charge in [-0.25, -0.2) is 14.4 Å². The van der Waals surface area contributed by atoms with Crippen LogP contribution < -0.4 is 19.5 Å². The number of amides is 1. The molecule has 1 N–H and O–H groups in total. The van der Waals surface area contributed by atoms with E-state index in [1.165, 1.54) is 18.5 Å². The number of likely N-dealkylation sites (tertiary alicyclic amines) is 1. The minimum Gasteiger partial charge on any atom is -0.490 e. The fourth-order valence-electron chi connectivity index (χ4n) is 5.06. The van der Waals surface area contributed by atoms with Gasteiger partial charge >= 0.3 is 0 Å². The molecule has 3 heterocycles. The third-order valence-corrected chi connectivity index (χ3v) is 7.26. The number of anilines is 2. The molecule has 0 saturated carbocycles. The van der Waals surface area contributed by atoms with E-state index < -0.39 is 5.82 Å². The van der Waals surface area contributed by atoms with Crippen LogP contribution in [0.1, 0.15) is 25.7 Å². The van der Waals surface area contributed by atoms with Crippen molar-refractivity contribution in [1.29, 1.82) is 0 Å². The second-order valence-electron chi connectivity index (χ2n) is 10.3. The van der Waals surface area contributed by atoms with Gasteiger partial charge in [0.05, 0.1) is 17.8 Å². The zero-order valence-electron chi connectivity index (χ0n) is 24.8. The standard InChI is InChI=1S/C33H31FN6O5/c1-4-31(41)40-13-11-22(12-14-40)45-30-17-25-28(18-29(30)42-5-2)35-19-36-32(25)37-27-10-9-24(16-26(27)34)44-23-8-6-7-21(15-23)33-39-38-20(3)43-33/h4,6-10,15-19,22H,1,5,11-14H2,2-3H3,(H,35,36,37). The van der Waals surface area contributed by atoms with Gasteiger partial charge in [-0.1, -0.05) is 12.6 Å². The first-order chi connectivity index (χ1) is 21.9. The zero-order chi connectivity index (χ0) is 31.3. The first kappa shape index (κ1) is 29.5. The number of rotatable bonds is 10. The molecule has 3 aromatic carbocycles. The van der Waals surface area contributed by atoms with Crippen LogP contribution in [0.3, 0.4) is 0 Å². The number of nitrogens with one attached hydrogen (secondary N) is 1. The van der Waals surface area contributed by atoms with Crippen LogP contribution in [0.2, 0.25) is 0 Å². The second-order valence-corrected chi connectivity index (χ2v) is 10.3. The molecule has 0 atom stereocenters. The molecule has 5 aromatic rings. The molecule has 1 saturated heterocycles. The van der Waals surface area contributed by atoms with Crippen LogP contribution >= 0.6 is 0 Å². The van der Waals surface area contributed by atoms with Crippen LogP contribution in [0.15, 0.2) is 78.0 Å².